The van der Waals surface area contributed by atoms with Crippen molar-refractivity contribution in [2.75, 3.05) is 13.2 Å². The van der Waals surface area contributed by atoms with Gasteiger partial charge in [-0.25, -0.2) is 0 Å². The van der Waals surface area contributed by atoms with E-state index in [4.69, 9.17) is 14.2 Å². The van der Waals surface area contributed by atoms with Gasteiger partial charge in [-0.3, -0.25) is 14.4 Å². The first-order valence-corrected chi connectivity index (χ1v) is 35.8. The minimum atomic E-state index is -0.771. The van der Waals surface area contributed by atoms with Crippen LogP contribution in [0.3, 0.4) is 0 Å². The Hall–Kier alpha value is -2.11. The molecule has 0 aromatic heterocycles. The summed E-state index contributed by atoms with van der Waals surface area (Å²) in [5, 5.41) is 0. The van der Waals surface area contributed by atoms with Crippen LogP contribution in [0.1, 0.15) is 406 Å². The zero-order valence-electron chi connectivity index (χ0n) is 53.7. The number of carbonyl (C=O) groups is 3. The maximum atomic E-state index is 12.9. The molecule has 1 atom stereocenters. The predicted octanol–water partition coefficient (Wildman–Crippen LogP) is 24.6. The molecule has 79 heavy (non-hydrogen) atoms. The van der Waals surface area contributed by atoms with E-state index in [1.54, 1.807) is 0 Å². The second-order valence-corrected chi connectivity index (χ2v) is 24.5. The molecule has 0 rings (SSSR count). The van der Waals surface area contributed by atoms with Crippen molar-refractivity contribution in [1.82, 2.24) is 0 Å². The summed E-state index contributed by atoms with van der Waals surface area (Å²) in [6.45, 7) is 6.70. The van der Waals surface area contributed by atoms with Crippen LogP contribution in [0.25, 0.3) is 0 Å². The Kier molecular flexibility index (Phi) is 66.6. The third-order valence-electron chi connectivity index (χ3n) is 16.4. The van der Waals surface area contributed by atoms with E-state index < -0.39 is 6.10 Å². The van der Waals surface area contributed by atoms with Gasteiger partial charge in [-0.1, -0.05) is 340 Å². The summed E-state index contributed by atoms with van der Waals surface area (Å²) >= 11 is 0. The highest BCUT2D eigenvalue weighted by Crippen LogP contribution is 2.19. The number of hydrogen-bond acceptors (Lipinski definition) is 6. The van der Waals surface area contributed by atoms with Gasteiger partial charge in [0.1, 0.15) is 13.2 Å². The first kappa shape index (κ1) is 76.9. The van der Waals surface area contributed by atoms with Crippen molar-refractivity contribution >= 4 is 17.9 Å². The summed E-state index contributed by atoms with van der Waals surface area (Å²) < 4.78 is 17.0. The summed E-state index contributed by atoms with van der Waals surface area (Å²) in [5.74, 6) is -0.845. The number of ether oxygens (including phenoxy) is 3. The molecular weight excluding hydrogens is 973 g/mol. The molecule has 0 aliphatic rings. The van der Waals surface area contributed by atoms with E-state index in [9.17, 15) is 14.4 Å². The third-order valence-corrected chi connectivity index (χ3v) is 16.4. The van der Waals surface area contributed by atoms with Gasteiger partial charge in [0.25, 0.3) is 0 Å². The third kappa shape index (κ3) is 66.6. The molecule has 0 saturated carbocycles. The van der Waals surface area contributed by atoms with Gasteiger partial charge in [-0.2, -0.15) is 0 Å². The van der Waals surface area contributed by atoms with Gasteiger partial charge < -0.3 is 14.2 Å². The number of rotatable bonds is 67. The van der Waals surface area contributed by atoms with Crippen LogP contribution in [0.4, 0.5) is 0 Å². The van der Waals surface area contributed by atoms with Crippen LogP contribution in [-0.4, -0.2) is 37.2 Å². The lowest BCUT2D eigenvalue weighted by Gasteiger charge is -2.18. The van der Waals surface area contributed by atoms with Gasteiger partial charge in [-0.15, -0.1) is 0 Å². The van der Waals surface area contributed by atoms with Gasteiger partial charge in [0.2, 0.25) is 0 Å². The van der Waals surface area contributed by atoms with Crippen LogP contribution in [0.15, 0.2) is 24.3 Å². The van der Waals surface area contributed by atoms with Crippen LogP contribution < -0.4 is 0 Å². The van der Waals surface area contributed by atoms with E-state index >= 15 is 0 Å². The zero-order valence-corrected chi connectivity index (χ0v) is 53.7. The Morgan fingerprint density at radius 2 is 0.418 bits per heavy atom. The Labute approximate surface area is 493 Å². The van der Waals surface area contributed by atoms with Gasteiger partial charge in [-0.05, 0) is 70.6 Å². The fourth-order valence-corrected chi connectivity index (χ4v) is 11.0. The molecule has 0 N–H and O–H groups in total. The Morgan fingerprint density at radius 1 is 0.241 bits per heavy atom. The van der Waals surface area contributed by atoms with Crippen LogP contribution in [0.2, 0.25) is 0 Å². The van der Waals surface area contributed by atoms with E-state index in [1.807, 2.05) is 0 Å². The standard InChI is InChI=1S/C73H138O6/c1-4-7-10-13-16-19-22-25-27-29-30-31-32-33-34-35-36-37-38-39-40-41-42-44-45-48-51-54-57-60-63-66-72(75)78-69-70(68-77-71(74)65-62-59-56-53-50-47-24-21-18-15-12-9-6-3)79-73(76)67-64-61-58-55-52-49-46-43-28-26-23-20-17-14-11-8-5-2/h21,24,29-30,70H,4-20,22-23,25-28,31-69H2,1-3H3/b24-21-,30-29-. The molecule has 0 radical (unpaired) electrons. The fourth-order valence-electron chi connectivity index (χ4n) is 11.0. The molecule has 0 saturated heterocycles. The second kappa shape index (κ2) is 68.4. The Morgan fingerprint density at radius 3 is 0.646 bits per heavy atom. The molecule has 6 heteroatoms. The van der Waals surface area contributed by atoms with Crippen LogP contribution >= 0.6 is 0 Å². The average molecular weight is 1110 g/mol. The highest BCUT2D eigenvalue weighted by atomic mass is 16.6. The van der Waals surface area contributed by atoms with Crippen molar-refractivity contribution in [1.29, 1.82) is 0 Å². The molecule has 0 spiro atoms. The molecule has 0 aromatic rings. The number of unbranched alkanes of at least 4 members (excludes halogenated alkanes) is 52. The molecule has 0 aliphatic carbocycles. The molecule has 0 aromatic carbocycles. The summed E-state index contributed by atoms with van der Waals surface area (Å²) in [5.41, 5.74) is 0. The maximum Gasteiger partial charge on any atom is 0.306 e. The summed E-state index contributed by atoms with van der Waals surface area (Å²) in [6, 6.07) is 0. The molecule has 0 amide bonds. The number of allylic oxidation sites excluding steroid dienone is 4. The molecule has 6 nitrogen and oxygen atoms in total. The largest absolute Gasteiger partial charge is 0.462 e. The van der Waals surface area contributed by atoms with E-state index in [1.165, 1.54) is 302 Å². The summed E-state index contributed by atoms with van der Waals surface area (Å²) in [4.78, 5) is 38.4. The van der Waals surface area contributed by atoms with Crippen molar-refractivity contribution in [3.05, 3.63) is 24.3 Å². The lowest BCUT2D eigenvalue weighted by atomic mass is 10.0. The van der Waals surface area contributed by atoms with E-state index in [0.29, 0.717) is 19.3 Å². The van der Waals surface area contributed by atoms with Gasteiger partial charge in [0.15, 0.2) is 6.10 Å². The molecule has 466 valence electrons. The normalized spacial score (nSPS) is 12.1. The number of hydrogen-bond donors (Lipinski definition) is 0. The van der Waals surface area contributed by atoms with Gasteiger partial charge in [0, 0.05) is 19.3 Å². The van der Waals surface area contributed by atoms with Crippen molar-refractivity contribution in [2.45, 2.75) is 412 Å². The molecule has 0 aliphatic heterocycles. The van der Waals surface area contributed by atoms with E-state index in [2.05, 4.69) is 45.1 Å². The lowest BCUT2D eigenvalue weighted by molar-refractivity contribution is -0.167. The quantitative estimate of drug-likeness (QED) is 0.0261. The monoisotopic (exact) mass is 1110 g/mol. The van der Waals surface area contributed by atoms with Gasteiger partial charge >= 0.3 is 17.9 Å². The highest BCUT2D eigenvalue weighted by Gasteiger charge is 2.19. The van der Waals surface area contributed by atoms with Crippen molar-refractivity contribution in [3.63, 3.8) is 0 Å². The molecular formula is C73H138O6. The maximum absolute atomic E-state index is 12.9. The van der Waals surface area contributed by atoms with E-state index in [-0.39, 0.29) is 31.1 Å². The fraction of sp³-hybridized carbons (Fsp3) is 0.904. The highest BCUT2D eigenvalue weighted by molar-refractivity contribution is 5.71. The average Bonchev–Trinajstić information content (AvgIpc) is 3.45. The van der Waals surface area contributed by atoms with Crippen LogP contribution in [-0.2, 0) is 28.6 Å². The van der Waals surface area contributed by atoms with Crippen LogP contribution in [0.5, 0.6) is 0 Å². The van der Waals surface area contributed by atoms with Crippen molar-refractivity contribution in [3.8, 4) is 0 Å². The summed E-state index contributed by atoms with van der Waals surface area (Å²) in [7, 11) is 0. The molecule has 0 heterocycles. The molecule has 0 fully saturated rings. The van der Waals surface area contributed by atoms with Crippen molar-refractivity contribution in [2.24, 2.45) is 0 Å². The molecule has 0 bridgehead atoms. The predicted molar refractivity (Wildman–Crippen MR) is 344 cm³/mol. The SMILES string of the molecule is CCCCCC/C=C\CCCCCCCC(=O)OCC(COC(=O)CCCCCCCCCCCCCCCCCCCCC/C=C\CCCCCCCCCC)OC(=O)CCCCCCCCCCCCCCCCCCC. The minimum Gasteiger partial charge on any atom is -0.462 e. The first-order valence-electron chi connectivity index (χ1n) is 35.8. The first-order chi connectivity index (χ1) is 39.0. The van der Waals surface area contributed by atoms with E-state index in [0.717, 1.165) is 64.2 Å². The smallest absolute Gasteiger partial charge is 0.306 e. The van der Waals surface area contributed by atoms with Gasteiger partial charge in [0.05, 0.1) is 0 Å². The second-order valence-electron chi connectivity index (χ2n) is 24.5. The zero-order chi connectivity index (χ0) is 57.1. The van der Waals surface area contributed by atoms with Crippen molar-refractivity contribution < 1.29 is 28.6 Å². The molecule has 1 unspecified atom stereocenters. The van der Waals surface area contributed by atoms with Crippen LogP contribution in [0, 0.1) is 0 Å². The number of carbonyl (C=O) groups excluding carboxylic acids is 3. The minimum absolute atomic E-state index is 0.0673. The number of esters is 3. The summed E-state index contributed by atoms with van der Waals surface area (Å²) in [6.07, 6.45) is 83.6. The topological polar surface area (TPSA) is 78.9 Å². The Bertz CT molecular complexity index is 1270. The lowest BCUT2D eigenvalue weighted by Crippen LogP contribution is -2.30. The Balaban J connectivity index is 4.12.